The van der Waals surface area contributed by atoms with Gasteiger partial charge in [-0.25, -0.2) is 9.97 Å². The Morgan fingerprint density at radius 1 is 1.29 bits per heavy atom. The van der Waals surface area contributed by atoms with Gasteiger partial charge in [0.05, 0.1) is 12.2 Å². The highest BCUT2D eigenvalue weighted by atomic mass is 35.5. The largest absolute Gasteiger partial charge is 0.492 e. The lowest BCUT2D eigenvalue weighted by molar-refractivity contribution is 0.0984. The number of amides is 1. The Labute approximate surface area is 210 Å². The van der Waals surface area contributed by atoms with Gasteiger partial charge in [0, 0.05) is 24.0 Å². The number of nitrogens with one attached hydrogen (secondary N) is 3. The van der Waals surface area contributed by atoms with Crippen LogP contribution < -0.4 is 15.4 Å². The van der Waals surface area contributed by atoms with Crippen LogP contribution in [0.2, 0.25) is 5.15 Å². The molecular formula is C25H32ClN5O2S. The summed E-state index contributed by atoms with van der Waals surface area (Å²) in [4.78, 5) is 21.6. The lowest BCUT2D eigenvalue weighted by Crippen LogP contribution is -2.31. The maximum Gasteiger partial charge on any atom is 0.264 e. The molecule has 0 aromatic carbocycles. The lowest BCUT2D eigenvalue weighted by atomic mass is 9.94. The zero-order chi connectivity index (χ0) is 24.0. The number of carbonyl (C=O) groups excluding carboxylic acids is 1. The van der Waals surface area contributed by atoms with E-state index in [0.29, 0.717) is 28.6 Å². The first kappa shape index (κ1) is 24.8. The summed E-state index contributed by atoms with van der Waals surface area (Å²) in [5.74, 6) is 1.94. The minimum atomic E-state index is -0.319. The summed E-state index contributed by atoms with van der Waals surface area (Å²) in [6.07, 6.45) is 7.47. The fourth-order valence-electron chi connectivity index (χ4n) is 4.30. The molecule has 2 aliphatic heterocycles. The van der Waals surface area contributed by atoms with Gasteiger partial charge in [-0.05, 0) is 88.8 Å². The molecule has 34 heavy (non-hydrogen) atoms. The number of ether oxygens (including phenoxy) is 1. The van der Waals surface area contributed by atoms with Gasteiger partial charge in [-0.3, -0.25) is 9.52 Å². The zero-order valence-electron chi connectivity index (χ0n) is 19.7. The van der Waals surface area contributed by atoms with Crippen molar-refractivity contribution in [1.82, 2.24) is 20.0 Å². The Bertz CT molecular complexity index is 1050. The molecule has 7 nitrogen and oxygen atoms in total. The van der Waals surface area contributed by atoms with Gasteiger partial charge in [-0.15, -0.1) is 0 Å². The maximum absolute atomic E-state index is 12.6. The summed E-state index contributed by atoms with van der Waals surface area (Å²) in [5.41, 5.74) is 1.22. The Balaban J connectivity index is 1.24. The normalized spacial score (nSPS) is 19.3. The van der Waals surface area contributed by atoms with Gasteiger partial charge in [-0.2, -0.15) is 0 Å². The van der Waals surface area contributed by atoms with E-state index in [9.17, 15) is 4.79 Å². The maximum atomic E-state index is 12.6. The van der Waals surface area contributed by atoms with Crippen molar-refractivity contribution in [2.45, 2.75) is 56.5 Å². The number of carbonyl (C=O) groups is 1. The van der Waals surface area contributed by atoms with Crippen LogP contribution in [0, 0.1) is 5.92 Å². The summed E-state index contributed by atoms with van der Waals surface area (Å²) in [6, 6.07) is 9.15. The molecule has 182 valence electrons. The predicted molar refractivity (Wildman–Crippen MR) is 138 cm³/mol. The molecule has 4 rings (SSSR count). The van der Waals surface area contributed by atoms with Crippen molar-refractivity contribution in [1.29, 1.82) is 0 Å². The minimum Gasteiger partial charge on any atom is -0.492 e. The zero-order valence-corrected chi connectivity index (χ0v) is 21.3. The van der Waals surface area contributed by atoms with Crippen molar-refractivity contribution in [2.24, 2.45) is 5.92 Å². The van der Waals surface area contributed by atoms with Crippen LogP contribution in [0.15, 0.2) is 41.4 Å². The van der Waals surface area contributed by atoms with E-state index in [-0.39, 0.29) is 16.6 Å². The number of halogens is 1. The average Bonchev–Trinajstić information content (AvgIpc) is 3.19. The van der Waals surface area contributed by atoms with Crippen LogP contribution in [0.3, 0.4) is 0 Å². The molecular weight excluding hydrogens is 470 g/mol. The molecule has 2 aromatic heterocycles. The van der Waals surface area contributed by atoms with Crippen LogP contribution in [0.5, 0.6) is 0 Å². The second kappa shape index (κ2) is 11.4. The van der Waals surface area contributed by atoms with Crippen molar-refractivity contribution in [3.05, 3.63) is 52.8 Å². The molecule has 0 spiro atoms. The second-order valence-corrected chi connectivity index (χ2v) is 10.6. The quantitative estimate of drug-likeness (QED) is 0.244. The van der Waals surface area contributed by atoms with Crippen molar-refractivity contribution in [3.8, 4) is 0 Å². The summed E-state index contributed by atoms with van der Waals surface area (Å²) in [6.45, 7) is 7.17. The van der Waals surface area contributed by atoms with Gasteiger partial charge in [0.1, 0.15) is 27.5 Å². The summed E-state index contributed by atoms with van der Waals surface area (Å²) in [5, 5.41) is 7.81. The third-order valence-electron chi connectivity index (χ3n) is 6.02. The number of allylic oxidation sites excluding steroid dienone is 1. The Kier molecular flexibility index (Phi) is 8.34. The van der Waals surface area contributed by atoms with E-state index >= 15 is 0 Å². The highest BCUT2D eigenvalue weighted by Crippen LogP contribution is 2.27. The Morgan fingerprint density at radius 2 is 2.18 bits per heavy atom. The lowest BCUT2D eigenvalue weighted by Gasteiger charge is -2.17. The molecule has 0 unspecified atom stereocenters. The van der Waals surface area contributed by atoms with Crippen LogP contribution in [-0.2, 0) is 4.74 Å². The van der Waals surface area contributed by atoms with E-state index in [1.165, 1.54) is 12.8 Å². The van der Waals surface area contributed by atoms with Gasteiger partial charge in [0.15, 0.2) is 0 Å². The van der Waals surface area contributed by atoms with Gasteiger partial charge < -0.3 is 15.4 Å². The highest BCUT2D eigenvalue weighted by Gasteiger charge is 2.29. The van der Waals surface area contributed by atoms with Crippen molar-refractivity contribution in [2.75, 3.05) is 25.0 Å². The van der Waals surface area contributed by atoms with Gasteiger partial charge in [-0.1, -0.05) is 17.7 Å². The number of rotatable bonds is 9. The standard InChI is InChI=1S/C25H32ClN5O2S/c1-25(2)15-17(16-28-25)7-6-13-27-21-9-5-10-22(30-21)34-31-24(32)18-11-12-19(29-23(18)26)20-8-3-4-14-33-20/h5,8-12,17,28H,3-4,6-7,13-16H2,1-2H3,(H,27,30)(H,31,32)/t17-/m0/s1. The second-order valence-electron chi connectivity index (χ2n) is 9.39. The Hall–Kier alpha value is -2.29. The predicted octanol–water partition coefficient (Wildman–Crippen LogP) is 5.30. The van der Waals surface area contributed by atoms with E-state index in [1.54, 1.807) is 12.1 Å². The molecule has 1 amide bonds. The molecule has 2 aromatic rings. The fraction of sp³-hybridized carbons (Fsp3) is 0.480. The highest BCUT2D eigenvalue weighted by molar-refractivity contribution is 7.97. The molecule has 1 atom stereocenters. The molecule has 4 heterocycles. The number of hydrogen-bond donors (Lipinski definition) is 3. The molecule has 9 heteroatoms. The van der Waals surface area contributed by atoms with Crippen molar-refractivity contribution < 1.29 is 9.53 Å². The molecule has 0 radical (unpaired) electrons. The van der Waals surface area contributed by atoms with E-state index in [0.717, 1.165) is 56.0 Å². The topological polar surface area (TPSA) is 88.2 Å². The molecule has 1 saturated heterocycles. The summed E-state index contributed by atoms with van der Waals surface area (Å²) in [7, 11) is 0. The number of anilines is 1. The van der Waals surface area contributed by atoms with Crippen LogP contribution in [-0.4, -0.2) is 41.1 Å². The van der Waals surface area contributed by atoms with Crippen LogP contribution >= 0.6 is 23.5 Å². The van der Waals surface area contributed by atoms with Crippen LogP contribution in [0.1, 0.15) is 62.0 Å². The third kappa shape index (κ3) is 6.87. The van der Waals surface area contributed by atoms with E-state index in [2.05, 4.69) is 39.2 Å². The monoisotopic (exact) mass is 501 g/mol. The van der Waals surface area contributed by atoms with Gasteiger partial charge in [0.2, 0.25) is 0 Å². The first-order valence-corrected chi connectivity index (χ1v) is 13.0. The fourth-order valence-corrected chi connectivity index (χ4v) is 5.14. The van der Waals surface area contributed by atoms with E-state index in [1.807, 2.05) is 24.3 Å². The third-order valence-corrected chi connectivity index (χ3v) is 7.03. The molecule has 2 aliphatic rings. The summed E-state index contributed by atoms with van der Waals surface area (Å²) >= 11 is 7.45. The molecule has 0 bridgehead atoms. The van der Waals surface area contributed by atoms with E-state index in [4.69, 9.17) is 16.3 Å². The van der Waals surface area contributed by atoms with Crippen LogP contribution in [0.25, 0.3) is 5.76 Å². The molecule has 0 saturated carbocycles. The van der Waals surface area contributed by atoms with E-state index < -0.39 is 0 Å². The number of nitrogens with zero attached hydrogens (tertiary/aromatic N) is 2. The first-order valence-electron chi connectivity index (χ1n) is 11.8. The van der Waals surface area contributed by atoms with Gasteiger partial charge in [0.25, 0.3) is 5.91 Å². The molecule has 1 fully saturated rings. The minimum absolute atomic E-state index is 0.148. The first-order chi connectivity index (χ1) is 16.4. The smallest absolute Gasteiger partial charge is 0.264 e. The van der Waals surface area contributed by atoms with Crippen LogP contribution in [0.4, 0.5) is 5.82 Å². The number of aromatic nitrogens is 2. The van der Waals surface area contributed by atoms with Crippen molar-refractivity contribution in [3.63, 3.8) is 0 Å². The van der Waals surface area contributed by atoms with Gasteiger partial charge >= 0.3 is 0 Å². The Morgan fingerprint density at radius 3 is 2.91 bits per heavy atom. The van der Waals surface area contributed by atoms with Crippen molar-refractivity contribution >= 4 is 41.0 Å². The average molecular weight is 502 g/mol. The number of pyridine rings is 2. The molecule has 3 N–H and O–H groups in total. The number of hydrogen-bond acceptors (Lipinski definition) is 7. The SMILES string of the molecule is CC1(C)C[C@H](CCCNc2cccc(SNC(=O)c3ccc(C4=CCCCO4)nc3Cl)n2)CN1. The summed E-state index contributed by atoms with van der Waals surface area (Å²) < 4.78 is 8.43. The molecule has 0 aliphatic carbocycles.